The maximum Gasteiger partial charge on any atom is 0.573 e. The fraction of sp³-hybridized carbons (Fsp3) is 0.190. The highest BCUT2D eigenvalue weighted by molar-refractivity contribution is 6.03. The molecule has 10 heteroatoms. The average molecular weight is 429 g/mol. The van der Waals surface area contributed by atoms with Gasteiger partial charge in [-0.1, -0.05) is 12.1 Å². The Morgan fingerprint density at radius 1 is 1.16 bits per heavy atom. The summed E-state index contributed by atoms with van der Waals surface area (Å²) in [6.45, 7) is 1.07. The van der Waals surface area contributed by atoms with Crippen LogP contribution in [0.15, 0.2) is 60.9 Å². The molecule has 4 rings (SSSR count). The van der Waals surface area contributed by atoms with Crippen molar-refractivity contribution in [3.63, 3.8) is 0 Å². The molecule has 3 aromatic rings. The van der Waals surface area contributed by atoms with Gasteiger partial charge in [0.05, 0.1) is 23.3 Å². The molecule has 2 aromatic heterocycles. The summed E-state index contributed by atoms with van der Waals surface area (Å²) in [6, 6.07) is 12.0. The molecule has 0 saturated heterocycles. The van der Waals surface area contributed by atoms with Crippen LogP contribution in [-0.2, 0) is 0 Å². The molecule has 0 fully saturated rings. The van der Waals surface area contributed by atoms with Crippen molar-refractivity contribution in [3.8, 4) is 17.0 Å². The topological polar surface area (TPSA) is 79.4 Å². The van der Waals surface area contributed by atoms with E-state index < -0.39 is 6.36 Å². The normalized spacial score (nSPS) is 13.6. The first-order valence-electron chi connectivity index (χ1n) is 9.49. The summed E-state index contributed by atoms with van der Waals surface area (Å²) in [5.74, 6) is 0.0459. The SMILES string of the molecule is O=C(Nc1cccnc1)N1CCCNc2ccc(-c3cccc(OC(F)(F)F)c3)nc21. The Bertz CT molecular complexity index is 1080. The van der Waals surface area contributed by atoms with Gasteiger partial charge in [0.15, 0.2) is 5.82 Å². The van der Waals surface area contributed by atoms with Crippen molar-refractivity contribution in [1.82, 2.24) is 9.97 Å². The summed E-state index contributed by atoms with van der Waals surface area (Å²) in [5, 5.41) is 6.01. The monoisotopic (exact) mass is 429 g/mol. The zero-order valence-corrected chi connectivity index (χ0v) is 16.2. The Kier molecular flexibility index (Phi) is 5.61. The molecule has 31 heavy (non-hydrogen) atoms. The third-order valence-electron chi connectivity index (χ3n) is 4.53. The van der Waals surface area contributed by atoms with Gasteiger partial charge in [-0.15, -0.1) is 13.2 Å². The number of halogens is 3. The number of urea groups is 1. The van der Waals surface area contributed by atoms with E-state index in [9.17, 15) is 18.0 Å². The fourth-order valence-corrected chi connectivity index (χ4v) is 3.20. The molecule has 0 saturated carbocycles. The highest BCUT2D eigenvalue weighted by atomic mass is 19.4. The number of nitrogens with zero attached hydrogens (tertiary/aromatic N) is 3. The van der Waals surface area contributed by atoms with Gasteiger partial charge >= 0.3 is 12.4 Å². The summed E-state index contributed by atoms with van der Waals surface area (Å²) < 4.78 is 41.7. The minimum Gasteiger partial charge on any atom is -0.406 e. The number of alkyl halides is 3. The second-order valence-corrected chi connectivity index (χ2v) is 6.75. The number of fused-ring (bicyclic) bond motifs is 1. The van der Waals surface area contributed by atoms with E-state index in [0.717, 1.165) is 0 Å². The smallest absolute Gasteiger partial charge is 0.406 e. The van der Waals surface area contributed by atoms with Gasteiger partial charge in [0.2, 0.25) is 0 Å². The van der Waals surface area contributed by atoms with E-state index in [4.69, 9.17) is 0 Å². The molecule has 1 aromatic carbocycles. The Morgan fingerprint density at radius 2 is 2.03 bits per heavy atom. The molecule has 2 N–H and O–H groups in total. The summed E-state index contributed by atoms with van der Waals surface area (Å²) in [4.78, 5) is 23.0. The Labute approximate surface area is 175 Å². The lowest BCUT2D eigenvalue weighted by Gasteiger charge is -2.22. The van der Waals surface area contributed by atoms with Crippen LogP contribution < -0.4 is 20.3 Å². The van der Waals surface area contributed by atoms with Crippen LogP contribution in [0.3, 0.4) is 0 Å². The van der Waals surface area contributed by atoms with Gasteiger partial charge in [-0.2, -0.15) is 0 Å². The Hall–Kier alpha value is -3.82. The maximum absolute atomic E-state index is 12.9. The number of hydrogen-bond acceptors (Lipinski definition) is 5. The first-order valence-corrected chi connectivity index (χ1v) is 9.49. The van der Waals surface area contributed by atoms with Crippen molar-refractivity contribution in [2.45, 2.75) is 12.8 Å². The number of hydrogen-bond donors (Lipinski definition) is 2. The van der Waals surface area contributed by atoms with E-state index in [-0.39, 0.29) is 11.8 Å². The molecule has 0 radical (unpaired) electrons. The first-order chi connectivity index (χ1) is 14.9. The van der Waals surface area contributed by atoms with E-state index in [2.05, 4.69) is 25.3 Å². The number of carbonyl (C=O) groups is 1. The Balaban J connectivity index is 1.65. The predicted octanol–water partition coefficient (Wildman–Crippen LogP) is 4.90. The van der Waals surface area contributed by atoms with Crippen molar-refractivity contribution in [1.29, 1.82) is 0 Å². The average Bonchev–Trinajstić information content (AvgIpc) is 2.95. The predicted molar refractivity (Wildman–Crippen MR) is 110 cm³/mol. The highest BCUT2D eigenvalue weighted by Crippen LogP contribution is 2.32. The van der Waals surface area contributed by atoms with Crippen LogP contribution in [0.1, 0.15) is 6.42 Å². The quantitative estimate of drug-likeness (QED) is 0.619. The largest absolute Gasteiger partial charge is 0.573 e. The summed E-state index contributed by atoms with van der Waals surface area (Å²) in [7, 11) is 0. The first kappa shape index (κ1) is 20.5. The number of ether oxygens (including phenoxy) is 1. The van der Waals surface area contributed by atoms with Crippen molar-refractivity contribution >= 4 is 23.2 Å². The van der Waals surface area contributed by atoms with Crippen molar-refractivity contribution < 1.29 is 22.7 Å². The van der Waals surface area contributed by atoms with Gasteiger partial charge < -0.3 is 15.4 Å². The molecule has 2 amide bonds. The zero-order chi connectivity index (χ0) is 21.8. The second-order valence-electron chi connectivity index (χ2n) is 6.75. The lowest BCUT2D eigenvalue weighted by atomic mass is 10.1. The number of rotatable bonds is 3. The van der Waals surface area contributed by atoms with E-state index >= 15 is 0 Å². The standard InChI is InChI=1S/C21H18F3N5O2/c22-21(23,24)31-16-6-1-4-14(12-16)17-7-8-18-19(28-17)29(11-3-10-26-18)20(30)27-15-5-2-9-25-13-15/h1-2,4-9,12-13,26H,3,10-11H2,(H,27,30). The van der Waals surface area contributed by atoms with Crippen molar-refractivity contribution in [2.75, 3.05) is 28.6 Å². The maximum atomic E-state index is 12.9. The lowest BCUT2D eigenvalue weighted by Crippen LogP contribution is -2.36. The van der Waals surface area contributed by atoms with Gasteiger partial charge in [0.1, 0.15) is 5.75 Å². The zero-order valence-electron chi connectivity index (χ0n) is 16.2. The van der Waals surface area contributed by atoms with Gasteiger partial charge in [-0.3, -0.25) is 9.88 Å². The molecular formula is C21H18F3N5O2. The molecule has 3 heterocycles. The second kappa shape index (κ2) is 8.50. The molecule has 0 aliphatic carbocycles. The van der Waals surface area contributed by atoms with Gasteiger partial charge in [0.25, 0.3) is 0 Å². The molecule has 1 aliphatic rings. The number of amides is 2. The number of anilines is 3. The summed E-state index contributed by atoms with van der Waals surface area (Å²) in [5.41, 5.74) is 2.04. The number of benzene rings is 1. The van der Waals surface area contributed by atoms with Gasteiger partial charge in [-0.25, -0.2) is 9.78 Å². The van der Waals surface area contributed by atoms with Crippen LogP contribution in [0, 0.1) is 0 Å². The van der Waals surface area contributed by atoms with Crippen molar-refractivity contribution in [2.24, 2.45) is 0 Å². The Morgan fingerprint density at radius 3 is 2.81 bits per heavy atom. The van der Waals surface area contributed by atoms with Crippen LogP contribution in [0.2, 0.25) is 0 Å². The number of aromatic nitrogens is 2. The van der Waals surface area contributed by atoms with Crippen molar-refractivity contribution in [3.05, 3.63) is 60.9 Å². The van der Waals surface area contributed by atoms with E-state index in [1.165, 1.54) is 29.3 Å². The van der Waals surface area contributed by atoms with Crippen LogP contribution in [-0.4, -0.2) is 35.5 Å². The van der Waals surface area contributed by atoms with E-state index in [0.29, 0.717) is 48.0 Å². The molecule has 0 spiro atoms. The van der Waals surface area contributed by atoms with Gasteiger partial charge in [-0.05, 0) is 42.8 Å². The molecule has 1 aliphatic heterocycles. The number of carbonyl (C=O) groups excluding carboxylic acids is 1. The summed E-state index contributed by atoms with van der Waals surface area (Å²) >= 11 is 0. The fourth-order valence-electron chi connectivity index (χ4n) is 3.20. The number of nitrogens with one attached hydrogen (secondary N) is 2. The summed E-state index contributed by atoms with van der Waals surface area (Å²) in [6.07, 6.45) is -0.956. The third-order valence-corrected chi connectivity index (χ3v) is 4.53. The van der Waals surface area contributed by atoms with Crippen LogP contribution >= 0.6 is 0 Å². The number of pyridine rings is 2. The van der Waals surface area contributed by atoms with E-state index in [1.807, 2.05) is 0 Å². The molecule has 7 nitrogen and oxygen atoms in total. The minimum atomic E-state index is -4.79. The lowest BCUT2D eigenvalue weighted by molar-refractivity contribution is -0.274. The minimum absolute atomic E-state index is 0.342. The van der Waals surface area contributed by atoms with E-state index in [1.54, 1.807) is 36.5 Å². The molecule has 0 bridgehead atoms. The molecule has 0 atom stereocenters. The van der Waals surface area contributed by atoms with Gasteiger partial charge in [0, 0.05) is 24.8 Å². The highest BCUT2D eigenvalue weighted by Gasteiger charge is 2.31. The molecule has 160 valence electrons. The molecular weight excluding hydrogens is 411 g/mol. The van der Waals surface area contributed by atoms with Crippen LogP contribution in [0.5, 0.6) is 5.75 Å². The molecule has 0 unspecified atom stereocenters. The third kappa shape index (κ3) is 5.03. The van der Waals surface area contributed by atoms with Crippen LogP contribution in [0.4, 0.5) is 35.2 Å². The van der Waals surface area contributed by atoms with Crippen LogP contribution in [0.25, 0.3) is 11.3 Å².